The molecule has 0 aromatic heterocycles. The van der Waals surface area contributed by atoms with Gasteiger partial charge in [0.05, 0.1) is 0 Å². The van der Waals surface area contributed by atoms with Crippen LogP contribution in [0.2, 0.25) is 0 Å². The number of ether oxygens (including phenoxy) is 1. The van der Waals surface area contributed by atoms with Gasteiger partial charge in [0.15, 0.2) is 0 Å². The standard InChI is InChI=1S/C13H23NO4/c1-4-6-8-11(13(16)17)14-12(15)10(3)18-9-7-5-2/h4,10-11H,1,5-9H2,2-3H3,(H,14,15)(H,16,17). The van der Waals surface area contributed by atoms with E-state index in [9.17, 15) is 9.59 Å². The Hall–Kier alpha value is -1.36. The van der Waals surface area contributed by atoms with Crippen molar-refractivity contribution in [3.8, 4) is 0 Å². The van der Waals surface area contributed by atoms with E-state index < -0.39 is 18.1 Å². The molecule has 1 amide bonds. The highest BCUT2D eigenvalue weighted by atomic mass is 16.5. The molecule has 0 aromatic carbocycles. The first-order valence-corrected chi connectivity index (χ1v) is 6.28. The monoisotopic (exact) mass is 257 g/mol. The Morgan fingerprint density at radius 2 is 2.17 bits per heavy atom. The molecule has 104 valence electrons. The fourth-order valence-corrected chi connectivity index (χ4v) is 1.31. The van der Waals surface area contributed by atoms with E-state index in [-0.39, 0.29) is 5.91 Å². The Morgan fingerprint density at radius 1 is 1.50 bits per heavy atom. The zero-order chi connectivity index (χ0) is 14.0. The molecule has 0 saturated heterocycles. The molecule has 0 aliphatic carbocycles. The van der Waals surface area contributed by atoms with E-state index in [0.29, 0.717) is 19.4 Å². The number of hydrogen-bond acceptors (Lipinski definition) is 3. The van der Waals surface area contributed by atoms with Gasteiger partial charge in [-0.05, 0) is 26.2 Å². The van der Waals surface area contributed by atoms with Crippen LogP contribution in [0.5, 0.6) is 0 Å². The van der Waals surface area contributed by atoms with Crippen LogP contribution in [0.25, 0.3) is 0 Å². The summed E-state index contributed by atoms with van der Waals surface area (Å²) in [6, 6.07) is -0.882. The van der Waals surface area contributed by atoms with Crippen molar-refractivity contribution in [3.63, 3.8) is 0 Å². The zero-order valence-corrected chi connectivity index (χ0v) is 11.1. The van der Waals surface area contributed by atoms with Gasteiger partial charge < -0.3 is 15.2 Å². The largest absolute Gasteiger partial charge is 0.480 e. The summed E-state index contributed by atoms with van der Waals surface area (Å²) in [4.78, 5) is 22.6. The molecule has 0 rings (SSSR count). The molecule has 0 aliphatic heterocycles. The van der Waals surface area contributed by atoms with E-state index in [1.165, 1.54) is 0 Å². The average Bonchev–Trinajstić information content (AvgIpc) is 2.33. The molecule has 2 atom stereocenters. The molecule has 0 aromatic rings. The van der Waals surface area contributed by atoms with Crippen molar-refractivity contribution in [2.45, 2.75) is 51.7 Å². The van der Waals surface area contributed by atoms with Gasteiger partial charge in [-0.1, -0.05) is 19.4 Å². The summed E-state index contributed by atoms with van der Waals surface area (Å²) in [5.74, 6) is -1.42. The van der Waals surface area contributed by atoms with Crippen LogP contribution in [-0.4, -0.2) is 35.7 Å². The summed E-state index contributed by atoms with van der Waals surface area (Å²) in [7, 11) is 0. The minimum absolute atomic E-state index is 0.340. The van der Waals surface area contributed by atoms with E-state index in [4.69, 9.17) is 9.84 Å². The molecule has 2 N–H and O–H groups in total. The minimum atomic E-state index is -1.04. The van der Waals surface area contributed by atoms with Crippen LogP contribution in [0, 0.1) is 0 Å². The van der Waals surface area contributed by atoms with Crippen molar-refractivity contribution in [1.82, 2.24) is 5.32 Å². The van der Waals surface area contributed by atoms with E-state index in [1.54, 1.807) is 13.0 Å². The molecule has 18 heavy (non-hydrogen) atoms. The second kappa shape index (κ2) is 9.65. The number of hydrogen-bond donors (Lipinski definition) is 2. The molecule has 5 nitrogen and oxygen atoms in total. The number of aliphatic carboxylic acids is 1. The van der Waals surface area contributed by atoms with Gasteiger partial charge in [-0.15, -0.1) is 6.58 Å². The Morgan fingerprint density at radius 3 is 2.67 bits per heavy atom. The second-order valence-electron chi connectivity index (χ2n) is 4.13. The second-order valence-corrected chi connectivity index (χ2v) is 4.13. The van der Waals surface area contributed by atoms with Crippen molar-refractivity contribution < 1.29 is 19.4 Å². The third kappa shape index (κ3) is 7.06. The lowest BCUT2D eigenvalue weighted by atomic mass is 10.1. The average molecular weight is 257 g/mol. The quantitative estimate of drug-likeness (QED) is 0.461. The number of amides is 1. The molecular weight excluding hydrogens is 234 g/mol. The summed E-state index contributed by atoms with van der Waals surface area (Å²) in [5, 5.41) is 11.4. The van der Waals surface area contributed by atoms with Crippen molar-refractivity contribution in [2.75, 3.05) is 6.61 Å². The molecule has 5 heteroatoms. The third-order valence-electron chi connectivity index (χ3n) is 2.51. The summed E-state index contributed by atoms with van der Waals surface area (Å²) in [6.07, 6.45) is 3.77. The fourth-order valence-electron chi connectivity index (χ4n) is 1.31. The Kier molecular flexibility index (Phi) is 8.92. The lowest BCUT2D eigenvalue weighted by Crippen LogP contribution is -2.45. The van der Waals surface area contributed by atoms with Gasteiger partial charge in [-0.25, -0.2) is 4.79 Å². The van der Waals surface area contributed by atoms with Gasteiger partial charge in [0.25, 0.3) is 0 Å². The van der Waals surface area contributed by atoms with Crippen LogP contribution in [0.15, 0.2) is 12.7 Å². The minimum Gasteiger partial charge on any atom is -0.480 e. The maximum Gasteiger partial charge on any atom is 0.326 e. The Balaban J connectivity index is 4.14. The highest BCUT2D eigenvalue weighted by Crippen LogP contribution is 2.01. The normalized spacial score (nSPS) is 13.7. The molecule has 0 saturated carbocycles. The maximum absolute atomic E-state index is 11.7. The Bertz CT molecular complexity index is 278. The van der Waals surface area contributed by atoms with Gasteiger partial charge in [0, 0.05) is 6.61 Å². The molecule has 2 unspecified atom stereocenters. The highest BCUT2D eigenvalue weighted by Gasteiger charge is 2.22. The number of carbonyl (C=O) groups is 2. The highest BCUT2D eigenvalue weighted by molar-refractivity contribution is 5.86. The Labute approximate surface area is 108 Å². The zero-order valence-electron chi connectivity index (χ0n) is 11.1. The SMILES string of the molecule is C=CCCC(NC(=O)C(C)OCCCC)C(=O)O. The molecule has 0 radical (unpaired) electrons. The molecule has 0 bridgehead atoms. The predicted octanol–water partition coefficient (Wildman–Crippen LogP) is 1.73. The van der Waals surface area contributed by atoms with Crippen molar-refractivity contribution in [1.29, 1.82) is 0 Å². The number of carbonyl (C=O) groups excluding carboxylic acids is 1. The van der Waals surface area contributed by atoms with Crippen LogP contribution in [0.3, 0.4) is 0 Å². The first kappa shape index (κ1) is 16.6. The number of carboxylic acid groups (broad SMARTS) is 1. The van der Waals surface area contributed by atoms with Crippen LogP contribution in [0.1, 0.15) is 39.5 Å². The van der Waals surface area contributed by atoms with E-state index in [1.807, 2.05) is 6.92 Å². The van der Waals surface area contributed by atoms with E-state index in [2.05, 4.69) is 11.9 Å². The molecule has 0 aliphatic rings. The number of allylic oxidation sites excluding steroid dienone is 1. The van der Waals surface area contributed by atoms with Gasteiger partial charge in [0.1, 0.15) is 12.1 Å². The fraction of sp³-hybridized carbons (Fsp3) is 0.692. The van der Waals surface area contributed by atoms with Gasteiger partial charge in [0.2, 0.25) is 5.91 Å². The van der Waals surface area contributed by atoms with Crippen molar-refractivity contribution in [3.05, 3.63) is 12.7 Å². The topological polar surface area (TPSA) is 75.6 Å². The van der Waals surface area contributed by atoms with Gasteiger partial charge >= 0.3 is 5.97 Å². The van der Waals surface area contributed by atoms with E-state index in [0.717, 1.165) is 12.8 Å². The first-order chi connectivity index (χ1) is 8.52. The maximum atomic E-state index is 11.7. The summed E-state index contributed by atoms with van der Waals surface area (Å²) in [5.41, 5.74) is 0. The van der Waals surface area contributed by atoms with Crippen LogP contribution >= 0.6 is 0 Å². The smallest absolute Gasteiger partial charge is 0.326 e. The third-order valence-corrected chi connectivity index (χ3v) is 2.51. The predicted molar refractivity (Wildman–Crippen MR) is 69.3 cm³/mol. The van der Waals surface area contributed by atoms with E-state index >= 15 is 0 Å². The lowest BCUT2D eigenvalue weighted by Gasteiger charge is -2.17. The number of rotatable bonds is 10. The van der Waals surface area contributed by atoms with Crippen LogP contribution < -0.4 is 5.32 Å². The number of carboxylic acids is 1. The van der Waals surface area contributed by atoms with Crippen molar-refractivity contribution >= 4 is 11.9 Å². The molecule has 0 fully saturated rings. The van der Waals surface area contributed by atoms with Gasteiger partial charge in [-0.3, -0.25) is 4.79 Å². The van der Waals surface area contributed by atoms with Crippen LogP contribution in [-0.2, 0) is 14.3 Å². The lowest BCUT2D eigenvalue weighted by molar-refractivity contribution is -0.144. The number of nitrogens with one attached hydrogen (secondary N) is 1. The molecular formula is C13H23NO4. The molecule has 0 spiro atoms. The summed E-state index contributed by atoms with van der Waals surface area (Å²) < 4.78 is 5.30. The molecule has 0 heterocycles. The summed E-state index contributed by atoms with van der Waals surface area (Å²) in [6.45, 7) is 7.69. The summed E-state index contributed by atoms with van der Waals surface area (Å²) >= 11 is 0. The van der Waals surface area contributed by atoms with Crippen LogP contribution in [0.4, 0.5) is 0 Å². The first-order valence-electron chi connectivity index (χ1n) is 6.28. The van der Waals surface area contributed by atoms with Gasteiger partial charge in [-0.2, -0.15) is 0 Å². The number of unbranched alkanes of at least 4 members (excludes halogenated alkanes) is 1. The van der Waals surface area contributed by atoms with Crippen molar-refractivity contribution in [2.24, 2.45) is 0 Å².